The Morgan fingerprint density at radius 2 is 1.53 bits per heavy atom. The maximum atomic E-state index is 13.8. The van der Waals surface area contributed by atoms with E-state index in [9.17, 15) is 19.5 Å². The van der Waals surface area contributed by atoms with Gasteiger partial charge in [-0.05, 0) is 41.3 Å². The molecule has 7 nitrogen and oxygen atoms in total. The van der Waals surface area contributed by atoms with Crippen LogP contribution < -0.4 is 10.1 Å². The van der Waals surface area contributed by atoms with Crippen molar-refractivity contribution < 1.29 is 24.2 Å². The van der Waals surface area contributed by atoms with E-state index >= 15 is 0 Å². The average molecular weight is 487 g/mol. The molecule has 0 bridgehead atoms. The van der Waals surface area contributed by atoms with Gasteiger partial charge in [0.25, 0.3) is 11.8 Å². The fourth-order valence-electron chi connectivity index (χ4n) is 3.96. The number of carbonyl (C=O) groups excluding carboxylic acids is 2. The maximum absolute atomic E-state index is 13.8. The Bertz CT molecular complexity index is 1240. The molecule has 0 radical (unpaired) electrons. The van der Waals surface area contributed by atoms with Crippen LogP contribution in [0.25, 0.3) is 11.1 Å². The molecule has 7 heteroatoms. The molecule has 0 saturated carbocycles. The Hall–Kier alpha value is -4.39. The van der Waals surface area contributed by atoms with Gasteiger partial charge in [0.15, 0.2) is 0 Å². The first-order valence-corrected chi connectivity index (χ1v) is 11.7. The number of benzene rings is 3. The predicted octanol–water partition coefficient (Wildman–Crippen LogP) is 4.44. The van der Waals surface area contributed by atoms with E-state index in [-0.39, 0.29) is 24.8 Å². The van der Waals surface area contributed by atoms with Crippen LogP contribution in [0.4, 0.5) is 0 Å². The number of hydrogen-bond donors (Lipinski definition) is 2. The van der Waals surface area contributed by atoms with Crippen molar-refractivity contribution in [2.45, 2.75) is 12.8 Å². The Morgan fingerprint density at radius 1 is 0.917 bits per heavy atom. The van der Waals surface area contributed by atoms with E-state index in [1.165, 1.54) is 0 Å². The molecule has 0 aliphatic heterocycles. The third-order valence-corrected chi connectivity index (χ3v) is 5.75. The molecule has 0 heterocycles. The van der Waals surface area contributed by atoms with Gasteiger partial charge < -0.3 is 20.1 Å². The molecule has 0 atom stereocenters. The number of methoxy groups -OCH3 is 1. The van der Waals surface area contributed by atoms with Gasteiger partial charge in [0.1, 0.15) is 5.75 Å². The van der Waals surface area contributed by atoms with E-state index in [0.717, 1.165) is 5.56 Å². The van der Waals surface area contributed by atoms with Gasteiger partial charge in [0, 0.05) is 30.8 Å². The summed E-state index contributed by atoms with van der Waals surface area (Å²) in [6.45, 7) is 4.31. The number of aliphatic carboxylic acids is 1. The number of nitrogens with one attached hydrogen (secondary N) is 1. The summed E-state index contributed by atoms with van der Waals surface area (Å²) in [5.74, 6) is -0.847. The third kappa shape index (κ3) is 6.60. The molecule has 0 fully saturated rings. The smallest absolute Gasteiger partial charge is 0.305 e. The first kappa shape index (κ1) is 26.2. The topological polar surface area (TPSA) is 95.9 Å². The number of para-hydroxylation sites is 1. The Kier molecular flexibility index (Phi) is 9.40. The second-order valence-corrected chi connectivity index (χ2v) is 8.09. The zero-order chi connectivity index (χ0) is 25.9. The largest absolute Gasteiger partial charge is 0.496 e. The second kappa shape index (κ2) is 12.9. The van der Waals surface area contributed by atoms with Crippen LogP contribution in [-0.2, 0) is 11.2 Å². The van der Waals surface area contributed by atoms with Crippen LogP contribution in [0.3, 0.4) is 0 Å². The monoisotopic (exact) mass is 486 g/mol. The van der Waals surface area contributed by atoms with Gasteiger partial charge in [-0.1, -0.05) is 60.7 Å². The molecule has 0 aromatic heterocycles. The highest BCUT2D eigenvalue weighted by Gasteiger charge is 2.22. The van der Waals surface area contributed by atoms with Gasteiger partial charge in [-0.25, -0.2) is 0 Å². The van der Waals surface area contributed by atoms with Gasteiger partial charge in [0.2, 0.25) is 0 Å². The van der Waals surface area contributed by atoms with Crippen molar-refractivity contribution in [3.05, 3.63) is 102 Å². The Labute approximate surface area is 211 Å². The normalized spacial score (nSPS) is 10.4. The minimum absolute atomic E-state index is 0.0547. The van der Waals surface area contributed by atoms with Crippen LogP contribution in [0.15, 0.2) is 85.5 Å². The summed E-state index contributed by atoms with van der Waals surface area (Å²) in [6, 6.07) is 21.7. The number of hydrogen-bond acceptors (Lipinski definition) is 4. The number of nitrogens with zero attached hydrogens (tertiary/aromatic N) is 1. The number of amides is 2. The summed E-state index contributed by atoms with van der Waals surface area (Å²) in [7, 11) is 1.59. The first-order valence-electron chi connectivity index (χ1n) is 11.7. The van der Waals surface area contributed by atoms with Crippen molar-refractivity contribution in [2.75, 3.05) is 26.7 Å². The molecule has 3 rings (SSSR count). The molecular formula is C29H30N2O5. The minimum Gasteiger partial charge on any atom is -0.496 e. The number of carbonyl (C=O) groups is 3. The van der Waals surface area contributed by atoms with Gasteiger partial charge in [-0.15, -0.1) is 6.58 Å². The summed E-state index contributed by atoms with van der Waals surface area (Å²) in [5.41, 5.74) is 2.97. The SMILES string of the molecule is C=CCNC(=O)c1ccccc1-c1ccccc1C(=O)N(CCC(=O)O)CCc1ccccc1OC. The van der Waals surface area contributed by atoms with Crippen LogP contribution in [0.5, 0.6) is 5.75 Å². The predicted molar refractivity (Wildman–Crippen MR) is 139 cm³/mol. The quantitative estimate of drug-likeness (QED) is 0.369. The van der Waals surface area contributed by atoms with E-state index in [2.05, 4.69) is 11.9 Å². The van der Waals surface area contributed by atoms with Crippen molar-refractivity contribution in [1.82, 2.24) is 10.2 Å². The third-order valence-electron chi connectivity index (χ3n) is 5.75. The van der Waals surface area contributed by atoms with Gasteiger partial charge >= 0.3 is 5.97 Å². The average Bonchev–Trinajstić information content (AvgIpc) is 2.91. The molecule has 186 valence electrons. The van der Waals surface area contributed by atoms with Crippen LogP contribution in [0.2, 0.25) is 0 Å². The van der Waals surface area contributed by atoms with E-state index in [1.807, 2.05) is 30.3 Å². The molecular weight excluding hydrogens is 456 g/mol. The lowest BCUT2D eigenvalue weighted by Crippen LogP contribution is -2.35. The summed E-state index contributed by atoms with van der Waals surface area (Å²) < 4.78 is 5.42. The molecule has 3 aromatic rings. The van der Waals surface area contributed by atoms with Gasteiger partial charge in [0.05, 0.1) is 13.5 Å². The molecule has 2 amide bonds. The van der Waals surface area contributed by atoms with Crippen LogP contribution in [0, 0.1) is 0 Å². The maximum Gasteiger partial charge on any atom is 0.305 e. The molecule has 36 heavy (non-hydrogen) atoms. The van der Waals surface area contributed by atoms with Crippen LogP contribution in [-0.4, -0.2) is 54.5 Å². The van der Waals surface area contributed by atoms with Gasteiger partial charge in [-0.2, -0.15) is 0 Å². The minimum atomic E-state index is -0.984. The highest BCUT2D eigenvalue weighted by molar-refractivity contribution is 6.06. The number of carboxylic acid groups (broad SMARTS) is 1. The highest BCUT2D eigenvalue weighted by atomic mass is 16.5. The molecule has 0 aliphatic rings. The van der Waals surface area contributed by atoms with Crippen molar-refractivity contribution in [3.63, 3.8) is 0 Å². The van der Waals surface area contributed by atoms with E-state index < -0.39 is 5.97 Å². The van der Waals surface area contributed by atoms with Crippen molar-refractivity contribution >= 4 is 17.8 Å². The number of ether oxygens (including phenoxy) is 1. The van der Waals surface area contributed by atoms with Crippen molar-refractivity contribution in [1.29, 1.82) is 0 Å². The summed E-state index contributed by atoms with van der Waals surface area (Å²) >= 11 is 0. The zero-order valence-corrected chi connectivity index (χ0v) is 20.3. The number of carboxylic acids is 1. The fraction of sp³-hybridized carbons (Fsp3) is 0.207. The molecule has 0 aliphatic carbocycles. The Balaban J connectivity index is 1.95. The summed E-state index contributed by atoms with van der Waals surface area (Å²) in [4.78, 5) is 39.4. The number of rotatable bonds is 12. The second-order valence-electron chi connectivity index (χ2n) is 8.09. The molecule has 0 saturated heterocycles. The lowest BCUT2D eigenvalue weighted by Gasteiger charge is -2.24. The lowest BCUT2D eigenvalue weighted by molar-refractivity contribution is -0.137. The Morgan fingerprint density at radius 3 is 2.19 bits per heavy atom. The van der Waals surface area contributed by atoms with Crippen LogP contribution in [0.1, 0.15) is 32.7 Å². The van der Waals surface area contributed by atoms with Crippen molar-refractivity contribution in [2.24, 2.45) is 0 Å². The molecule has 0 spiro atoms. The lowest BCUT2D eigenvalue weighted by atomic mass is 9.94. The standard InChI is InChI=1S/C29H30N2O5/c1-3-18-30-28(34)24-13-7-5-11-22(24)23-12-6-8-14-25(23)29(35)31(20-17-27(32)33)19-16-21-10-4-9-15-26(21)36-2/h3-15H,1,16-20H2,2H3,(H,30,34)(H,32,33). The van der Waals surface area contributed by atoms with Crippen LogP contribution >= 0.6 is 0 Å². The van der Waals surface area contributed by atoms with Gasteiger partial charge in [-0.3, -0.25) is 14.4 Å². The van der Waals surface area contributed by atoms with E-state index in [4.69, 9.17) is 4.74 Å². The highest BCUT2D eigenvalue weighted by Crippen LogP contribution is 2.29. The fourth-order valence-corrected chi connectivity index (χ4v) is 3.96. The first-order chi connectivity index (χ1) is 17.5. The zero-order valence-electron chi connectivity index (χ0n) is 20.3. The van der Waals surface area contributed by atoms with Crippen molar-refractivity contribution in [3.8, 4) is 16.9 Å². The molecule has 0 unspecified atom stereocenters. The van der Waals surface area contributed by atoms with E-state index in [1.54, 1.807) is 60.6 Å². The van der Waals surface area contributed by atoms with E-state index in [0.29, 0.717) is 47.5 Å². The molecule has 2 N–H and O–H groups in total. The molecule has 3 aromatic carbocycles. The summed E-state index contributed by atoms with van der Waals surface area (Å²) in [6.07, 6.45) is 1.92. The summed E-state index contributed by atoms with van der Waals surface area (Å²) in [5, 5.41) is 12.1.